The molecular weight excluding hydrogens is 294 g/mol. The van der Waals surface area contributed by atoms with E-state index >= 15 is 0 Å². The van der Waals surface area contributed by atoms with Gasteiger partial charge in [0.15, 0.2) is 6.10 Å². The Labute approximate surface area is 137 Å². The Kier molecular flexibility index (Phi) is 6.02. The number of carbonyl (C=O) groups excluding carboxylic acids is 2. The summed E-state index contributed by atoms with van der Waals surface area (Å²) in [6.45, 7) is 6.97. The lowest BCUT2D eigenvalue weighted by atomic mass is 9.98. The van der Waals surface area contributed by atoms with Crippen LogP contribution < -0.4 is 4.74 Å². The molecule has 1 aromatic carbocycles. The van der Waals surface area contributed by atoms with Crippen molar-refractivity contribution in [3.05, 3.63) is 29.8 Å². The molecule has 2 atom stereocenters. The minimum absolute atomic E-state index is 0.0829. The fourth-order valence-corrected chi connectivity index (χ4v) is 2.83. The second-order valence-corrected chi connectivity index (χ2v) is 5.95. The summed E-state index contributed by atoms with van der Waals surface area (Å²) in [6.07, 6.45) is 1.01. The second-order valence-electron chi connectivity index (χ2n) is 5.95. The predicted octanol–water partition coefficient (Wildman–Crippen LogP) is 2.56. The SMILES string of the molecule is CCOC(=O)[C@H]1CCCN(C(=O)[C@@H](C)Oc2cccc(C)c2)C1. The molecule has 0 aliphatic carbocycles. The average Bonchev–Trinajstić information content (AvgIpc) is 2.54. The van der Waals surface area contributed by atoms with Gasteiger partial charge in [-0.1, -0.05) is 12.1 Å². The molecule has 5 nitrogen and oxygen atoms in total. The van der Waals surface area contributed by atoms with Gasteiger partial charge in [-0.15, -0.1) is 0 Å². The van der Waals surface area contributed by atoms with E-state index in [9.17, 15) is 9.59 Å². The molecule has 1 aromatic rings. The van der Waals surface area contributed by atoms with Gasteiger partial charge in [0.1, 0.15) is 5.75 Å². The smallest absolute Gasteiger partial charge is 0.310 e. The Hall–Kier alpha value is -2.04. The van der Waals surface area contributed by atoms with Crippen molar-refractivity contribution in [2.24, 2.45) is 5.92 Å². The molecule has 0 aromatic heterocycles. The van der Waals surface area contributed by atoms with Gasteiger partial charge >= 0.3 is 5.97 Å². The molecule has 1 amide bonds. The Morgan fingerprint density at radius 3 is 2.87 bits per heavy atom. The van der Waals surface area contributed by atoms with Gasteiger partial charge in [-0.25, -0.2) is 0 Å². The monoisotopic (exact) mass is 319 g/mol. The fraction of sp³-hybridized carbons (Fsp3) is 0.556. The molecule has 1 saturated heterocycles. The first kappa shape index (κ1) is 17.3. The first-order valence-electron chi connectivity index (χ1n) is 8.20. The van der Waals surface area contributed by atoms with Crippen molar-refractivity contribution in [3.63, 3.8) is 0 Å². The van der Waals surface area contributed by atoms with E-state index in [0.29, 0.717) is 25.4 Å². The molecule has 0 N–H and O–H groups in total. The molecule has 2 rings (SSSR count). The van der Waals surface area contributed by atoms with Crippen molar-refractivity contribution < 1.29 is 19.1 Å². The number of hydrogen-bond acceptors (Lipinski definition) is 4. The highest BCUT2D eigenvalue weighted by Crippen LogP contribution is 2.20. The molecule has 0 spiro atoms. The molecule has 0 unspecified atom stereocenters. The number of amides is 1. The second kappa shape index (κ2) is 7.99. The van der Waals surface area contributed by atoms with Gasteiger partial charge in [-0.05, 0) is 51.3 Å². The topological polar surface area (TPSA) is 55.8 Å². The molecule has 23 heavy (non-hydrogen) atoms. The van der Waals surface area contributed by atoms with Crippen molar-refractivity contribution >= 4 is 11.9 Å². The Balaban J connectivity index is 1.94. The average molecular weight is 319 g/mol. The molecular formula is C18H25NO4. The van der Waals surface area contributed by atoms with Crippen molar-refractivity contribution in [1.82, 2.24) is 4.90 Å². The van der Waals surface area contributed by atoms with E-state index in [0.717, 1.165) is 18.4 Å². The zero-order valence-corrected chi connectivity index (χ0v) is 14.1. The van der Waals surface area contributed by atoms with Crippen LogP contribution in [0, 0.1) is 12.8 Å². The van der Waals surface area contributed by atoms with E-state index in [2.05, 4.69) is 0 Å². The Morgan fingerprint density at radius 1 is 1.39 bits per heavy atom. The number of likely N-dealkylation sites (tertiary alicyclic amines) is 1. The highest BCUT2D eigenvalue weighted by atomic mass is 16.5. The summed E-state index contributed by atoms with van der Waals surface area (Å²) >= 11 is 0. The summed E-state index contributed by atoms with van der Waals surface area (Å²) in [5, 5.41) is 0. The van der Waals surface area contributed by atoms with Gasteiger partial charge in [0.05, 0.1) is 12.5 Å². The van der Waals surface area contributed by atoms with Crippen LogP contribution in [0.25, 0.3) is 0 Å². The Bertz CT molecular complexity index is 558. The van der Waals surface area contributed by atoms with Crippen molar-refractivity contribution in [1.29, 1.82) is 0 Å². The van der Waals surface area contributed by atoms with Crippen LogP contribution >= 0.6 is 0 Å². The third kappa shape index (κ3) is 4.71. The van der Waals surface area contributed by atoms with Crippen LogP contribution in [0.15, 0.2) is 24.3 Å². The molecule has 0 radical (unpaired) electrons. The minimum atomic E-state index is -0.572. The van der Waals surface area contributed by atoms with Crippen LogP contribution in [0.5, 0.6) is 5.75 Å². The van der Waals surface area contributed by atoms with Crippen LogP contribution in [0.1, 0.15) is 32.3 Å². The van der Waals surface area contributed by atoms with E-state index in [1.807, 2.05) is 31.2 Å². The summed E-state index contributed by atoms with van der Waals surface area (Å²) in [5.41, 5.74) is 1.09. The number of rotatable bonds is 5. The molecule has 0 bridgehead atoms. The number of carbonyl (C=O) groups is 2. The van der Waals surface area contributed by atoms with Crippen LogP contribution in [0.3, 0.4) is 0 Å². The quantitative estimate of drug-likeness (QED) is 0.783. The van der Waals surface area contributed by atoms with E-state index in [1.54, 1.807) is 18.7 Å². The standard InChI is InChI=1S/C18H25NO4/c1-4-22-18(21)15-8-6-10-19(12-15)17(20)14(3)23-16-9-5-7-13(2)11-16/h5,7,9,11,14-15H,4,6,8,10,12H2,1-3H3/t14-,15+/m1/s1. The zero-order chi connectivity index (χ0) is 16.8. The highest BCUT2D eigenvalue weighted by Gasteiger charge is 2.31. The van der Waals surface area contributed by atoms with E-state index < -0.39 is 6.10 Å². The molecule has 1 aliphatic rings. The number of ether oxygens (including phenoxy) is 2. The summed E-state index contributed by atoms with van der Waals surface area (Å²) in [6, 6.07) is 7.63. The molecule has 5 heteroatoms. The molecule has 126 valence electrons. The van der Waals surface area contributed by atoms with Gasteiger partial charge in [0.25, 0.3) is 5.91 Å². The van der Waals surface area contributed by atoms with Crippen LogP contribution in [-0.4, -0.2) is 42.6 Å². The largest absolute Gasteiger partial charge is 0.481 e. The van der Waals surface area contributed by atoms with Crippen LogP contribution in [-0.2, 0) is 14.3 Å². The number of piperidine rings is 1. The van der Waals surface area contributed by atoms with Crippen molar-refractivity contribution in [2.45, 2.75) is 39.7 Å². The lowest BCUT2D eigenvalue weighted by Gasteiger charge is -2.33. The summed E-state index contributed by atoms with van der Waals surface area (Å²) in [4.78, 5) is 26.1. The maximum absolute atomic E-state index is 12.6. The zero-order valence-electron chi connectivity index (χ0n) is 14.1. The number of esters is 1. The summed E-state index contributed by atoms with van der Waals surface area (Å²) in [5.74, 6) is 0.168. The normalized spacial score (nSPS) is 19.1. The van der Waals surface area contributed by atoms with Gasteiger partial charge in [0.2, 0.25) is 0 Å². The van der Waals surface area contributed by atoms with Crippen LogP contribution in [0.4, 0.5) is 0 Å². The Morgan fingerprint density at radius 2 is 2.17 bits per heavy atom. The number of hydrogen-bond donors (Lipinski definition) is 0. The third-order valence-electron chi connectivity index (χ3n) is 4.00. The van der Waals surface area contributed by atoms with Gasteiger partial charge in [-0.3, -0.25) is 9.59 Å². The first-order chi connectivity index (χ1) is 11.0. The van der Waals surface area contributed by atoms with Crippen molar-refractivity contribution in [3.8, 4) is 5.75 Å². The highest BCUT2D eigenvalue weighted by molar-refractivity contribution is 5.82. The number of aryl methyl sites for hydroxylation is 1. The summed E-state index contributed by atoms with van der Waals surface area (Å²) < 4.78 is 10.8. The van der Waals surface area contributed by atoms with Gasteiger partial charge in [0, 0.05) is 13.1 Å². The minimum Gasteiger partial charge on any atom is -0.481 e. The maximum Gasteiger partial charge on any atom is 0.310 e. The lowest BCUT2D eigenvalue weighted by molar-refractivity contribution is -0.152. The molecule has 1 fully saturated rings. The van der Waals surface area contributed by atoms with Gasteiger partial charge < -0.3 is 14.4 Å². The first-order valence-corrected chi connectivity index (χ1v) is 8.20. The summed E-state index contributed by atoms with van der Waals surface area (Å²) in [7, 11) is 0. The van der Waals surface area contributed by atoms with Crippen molar-refractivity contribution in [2.75, 3.05) is 19.7 Å². The van der Waals surface area contributed by atoms with Crippen LogP contribution in [0.2, 0.25) is 0 Å². The van der Waals surface area contributed by atoms with E-state index in [1.165, 1.54) is 0 Å². The van der Waals surface area contributed by atoms with Gasteiger partial charge in [-0.2, -0.15) is 0 Å². The molecule has 1 aliphatic heterocycles. The number of nitrogens with zero attached hydrogens (tertiary/aromatic N) is 1. The lowest BCUT2D eigenvalue weighted by Crippen LogP contribution is -2.47. The fourth-order valence-electron chi connectivity index (χ4n) is 2.83. The number of benzene rings is 1. The predicted molar refractivity (Wildman–Crippen MR) is 87.2 cm³/mol. The van der Waals surface area contributed by atoms with E-state index in [-0.39, 0.29) is 17.8 Å². The maximum atomic E-state index is 12.6. The third-order valence-corrected chi connectivity index (χ3v) is 4.00. The molecule has 0 saturated carbocycles. The molecule has 1 heterocycles. The van der Waals surface area contributed by atoms with E-state index in [4.69, 9.17) is 9.47 Å².